The summed E-state index contributed by atoms with van der Waals surface area (Å²) in [5.74, 6) is 0.228. The van der Waals surface area contributed by atoms with Gasteiger partial charge in [-0.2, -0.15) is 0 Å². The lowest BCUT2D eigenvalue weighted by Gasteiger charge is -2.57. The van der Waals surface area contributed by atoms with Gasteiger partial charge in [-0.1, -0.05) is 12.2 Å². The Morgan fingerprint density at radius 2 is 1.91 bits per heavy atom. The normalized spacial score (nSPS) is 39.1. The van der Waals surface area contributed by atoms with Gasteiger partial charge in [0.1, 0.15) is 6.10 Å². The molecule has 0 spiro atoms. The number of hydrogen-bond acceptors (Lipinski definition) is 4. The molecule has 0 aromatic heterocycles. The van der Waals surface area contributed by atoms with E-state index in [9.17, 15) is 14.7 Å². The van der Waals surface area contributed by atoms with Crippen LogP contribution in [0.5, 0.6) is 0 Å². The molecule has 0 aromatic rings. The summed E-state index contributed by atoms with van der Waals surface area (Å²) in [6, 6.07) is 0. The number of carbonyl (C=O) groups excluding carboxylic acids is 1. The smallest absolute Gasteiger partial charge is 0.407 e. The third-order valence-corrected chi connectivity index (χ3v) is 5.55. The summed E-state index contributed by atoms with van der Waals surface area (Å²) < 4.78 is 5.62. The van der Waals surface area contributed by atoms with E-state index in [1.54, 1.807) is 12.2 Å². The predicted octanol–water partition coefficient (Wildman–Crippen LogP) is 1.51. The SMILES string of the molecule is NC/C=C/CNC(=O)OC1C2CC3CC1CC(C(=O)O)(C3)C2. The molecular weight excluding hydrogens is 284 g/mol. The minimum absolute atomic E-state index is 0.123. The zero-order chi connectivity index (χ0) is 15.7. The van der Waals surface area contributed by atoms with Gasteiger partial charge in [-0.25, -0.2) is 4.79 Å². The highest BCUT2D eigenvalue weighted by Gasteiger charge is 2.59. The quantitative estimate of drug-likeness (QED) is 0.668. The fourth-order valence-electron chi connectivity index (χ4n) is 4.92. The van der Waals surface area contributed by atoms with Crippen LogP contribution >= 0.6 is 0 Å². The van der Waals surface area contributed by atoms with Gasteiger partial charge >= 0.3 is 12.1 Å². The Labute approximate surface area is 130 Å². The molecule has 4 bridgehead atoms. The molecule has 0 heterocycles. The second-order valence-electron chi connectivity index (χ2n) is 7.01. The molecular formula is C16H24N2O4. The molecule has 0 radical (unpaired) electrons. The van der Waals surface area contributed by atoms with Crippen LogP contribution in [0.3, 0.4) is 0 Å². The van der Waals surface area contributed by atoms with Crippen molar-refractivity contribution in [1.82, 2.24) is 5.32 Å². The predicted molar refractivity (Wildman–Crippen MR) is 80.1 cm³/mol. The van der Waals surface area contributed by atoms with Crippen molar-refractivity contribution in [3.8, 4) is 0 Å². The lowest BCUT2D eigenvalue weighted by molar-refractivity contribution is -0.178. The number of ether oxygens (including phenoxy) is 1. The van der Waals surface area contributed by atoms with Gasteiger partial charge in [0.25, 0.3) is 0 Å². The summed E-state index contributed by atoms with van der Waals surface area (Å²) in [5, 5.41) is 12.3. The molecule has 1 amide bonds. The first-order valence-electron chi connectivity index (χ1n) is 8.07. The molecule has 4 N–H and O–H groups in total. The van der Waals surface area contributed by atoms with Crippen molar-refractivity contribution in [2.24, 2.45) is 28.9 Å². The van der Waals surface area contributed by atoms with Crippen LogP contribution in [-0.4, -0.2) is 36.4 Å². The fourth-order valence-corrected chi connectivity index (χ4v) is 4.92. The topological polar surface area (TPSA) is 102 Å². The van der Waals surface area contributed by atoms with E-state index in [4.69, 9.17) is 10.5 Å². The van der Waals surface area contributed by atoms with Crippen molar-refractivity contribution in [3.63, 3.8) is 0 Å². The zero-order valence-electron chi connectivity index (χ0n) is 12.7. The largest absolute Gasteiger partial charge is 0.481 e. The molecule has 4 aliphatic carbocycles. The van der Waals surface area contributed by atoms with E-state index in [2.05, 4.69) is 5.32 Å². The number of nitrogens with one attached hydrogen (secondary N) is 1. The van der Waals surface area contributed by atoms with Crippen LogP contribution in [0.25, 0.3) is 0 Å². The molecule has 2 unspecified atom stereocenters. The molecule has 6 heteroatoms. The Kier molecular flexibility index (Phi) is 4.12. The Balaban J connectivity index is 1.59. The third kappa shape index (κ3) is 2.72. The highest BCUT2D eigenvalue weighted by Crippen LogP contribution is 2.60. The Hall–Kier alpha value is -1.56. The molecule has 4 fully saturated rings. The minimum atomic E-state index is -0.665. The second kappa shape index (κ2) is 5.91. The number of carbonyl (C=O) groups is 2. The third-order valence-electron chi connectivity index (χ3n) is 5.55. The van der Waals surface area contributed by atoms with Crippen LogP contribution in [0.15, 0.2) is 12.2 Å². The monoisotopic (exact) mass is 308 g/mol. The van der Waals surface area contributed by atoms with Gasteiger partial charge in [0.05, 0.1) is 5.41 Å². The maximum atomic E-state index is 11.9. The number of carboxylic acid groups (broad SMARTS) is 1. The average molecular weight is 308 g/mol. The van der Waals surface area contributed by atoms with Gasteiger partial charge in [-0.15, -0.1) is 0 Å². The molecule has 4 aliphatic rings. The molecule has 122 valence electrons. The molecule has 2 atom stereocenters. The summed E-state index contributed by atoms with van der Waals surface area (Å²) in [5.41, 5.74) is 4.77. The number of nitrogens with two attached hydrogens (primary N) is 1. The summed E-state index contributed by atoms with van der Waals surface area (Å²) in [4.78, 5) is 23.5. The maximum Gasteiger partial charge on any atom is 0.407 e. The summed E-state index contributed by atoms with van der Waals surface area (Å²) in [6.07, 6.45) is 7.13. The van der Waals surface area contributed by atoms with E-state index in [-0.39, 0.29) is 17.9 Å². The highest BCUT2D eigenvalue weighted by molar-refractivity contribution is 5.75. The van der Waals surface area contributed by atoms with E-state index >= 15 is 0 Å². The first-order chi connectivity index (χ1) is 10.5. The molecule has 6 nitrogen and oxygen atoms in total. The van der Waals surface area contributed by atoms with Gasteiger partial charge in [0.15, 0.2) is 0 Å². The molecule has 4 saturated carbocycles. The highest BCUT2D eigenvalue weighted by atomic mass is 16.6. The van der Waals surface area contributed by atoms with E-state index in [1.165, 1.54) is 0 Å². The second-order valence-corrected chi connectivity index (χ2v) is 7.01. The van der Waals surface area contributed by atoms with E-state index < -0.39 is 17.5 Å². The van der Waals surface area contributed by atoms with Crippen LogP contribution in [0, 0.1) is 23.2 Å². The number of rotatable bonds is 5. The van der Waals surface area contributed by atoms with Crippen LogP contribution in [-0.2, 0) is 9.53 Å². The molecule has 0 aliphatic heterocycles. The van der Waals surface area contributed by atoms with E-state index in [0.29, 0.717) is 31.8 Å². The number of carboxylic acids is 1. The average Bonchev–Trinajstić information content (AvgIpc) is 2.46. The Bertz CT molecular complexity index is 475. The number of aliphatic carboxylic acids is 1. The van der Waals surface area contributed by atoms with Gasteiger partial charge in [-0.05, 0) is 49.9 Å². The first-order valence-corrected chi connectivity index (χ1v) is 8.07. The number of hydrogen-bond donors (Lipinski definition) is 3. The van der Waals surface area contributed by atoms with Crippen molar-refractivity contribution in [1.29, 1.82) is 0 Å². The molecule has 4 rings (SSSR count). The van der Waals surface area contributed by atoms with Crippen LogP contribution in [0.4, 0.5) is 4.79 Å². The lowest BCUT2D eigenvalue weighted by atomic mass is 9.48. The molecule has 0 aromatic carbocycles. The van der Waals surface area contributed by atoms with Gasteiger partial charge in [0, 0.05) is 13.1 Å². The molecule has 0 saturated heterocycles. The summed E-state index contributed by atoms with van der Waals surface area (Å²) >= 11 is 0. The van der Waals surface area contributed by atoms with Crippen LogP contribution < -0.4 is 11.1 Å². The Morgan fingerprint density at radius 1 is 1.23 bits per heavy atom. The molecule has 22 heavy (non-hydrogen) atoms. The Morgan fingerprint density at radius 3 is 2.50 bits per heavy atom. The van der Waals surface area contributed by atoms with Crippen molar-refractivity contribution in [2.75, 3.05) is 13.1 Å². The standard InChI is InChI=1S/C16H24N2O4/c17-3-1-2-4-18-15(21)22-13-11-5-10-6-12(13)9-16(7-10,8-11)14(19)20/h1-2,10-13H,3-9,17H2,(H,18,21)(H,19,20)/b2-1+. The van der Waals surface area contributed by atoms with Crippen molar-refractivity contribution < 1.29 is 19.4 Å². The summed E-state index contributed by atoms with van der Waals surface area (Å²) in [6.45, 7) is 0.849. The van der Waals surface area contributed by atoms with E-state index in [0.717, 1.165) is 19.3 Å². The minimum Gasteiger partial charge on any atom is -0.481 e. The van der Waals surface area contributed by atoms with Crippen molar-refractivity contribution >= 4 is 12.1 Å². The van der Waals surface area contributed by atoms with Crippen molar-refractivity contribution in [3.05, 3.63) is 12.2 Å². The van der Waals surface area contributed by atoms with Gasteiger partial charge in [-0.3, -0.25) is 4.79 Å². The van der Waals surface area contributed by atoms with Crippen molar-refractivity contribution in [2.45, 2.75) is 38.2 Å². The van der Waals surface area contributed by atoms with Gasteiger partial charge in [0.2, 0.25) is 0 Å². The van der Waals surface area contributed by atoms with E-state index in [1.807, 2.05) is 0 Å². The number of amides is 1. The van der Waals surface area contributed by atoms with Crippen LogP contribution in [0.1, 0.15) is 32.1 Å². The zero-order valence-corrected chi connectivity index (χ0v) is 12.7. The lowest BCUT2D eigenvalue weighted by Crippen LogP contribution is -2.57. The maximum absolute atomic E-state index is 11.9. The summed E-state index contributed by atoms with van der Waals surface area (Å²) in [7, 11) is 0. The van der Waals surface area contributed by atoms with Gasteiger partial charge < -0.3 is 20.9 Å². The van der Waals surface area contributed by atoms with Crippen LogP contribution in [0.2, 0.25) is 0 Å². The first kappa shape index (κ1) is 15.3. The number of alkyl carbamates (subject to hydrolysis) is 1. The fraction of sp³-hybridized carbons (Fsp3) is 0.750.